The van der Waals surface area contributed by atoms with E-state index in [2.05, 4.69) is 33.9 Å². The third kappa shape index (κ3) is 5.12. The van der Waals surface area contributed by atoms with Gasteiger partial charge in [-0.2, -0.15) is 0 Å². The van der Waals surface area contributed by atoms with Crippen LogP contribution in [0, 0.1) is 17.3 Å². The fourth-order valence-electron chi connectivity index (χ4n) is 6.83. The first-order chi connectivity index (χ1) is 16.8. The first-order valence-electron chi connectivity index (χ1n) is 13.1. The van der Waals surface area contributed by atoms with Crippen molar-refractivity contribution in [2.75, 3.05) is 26.3 Å². The molecule has 2 amide bonds. The third-order valence-corrected chi connectivity index (χ3v) is 7.70. The van der Waals surface area contributed by atoms with Gasteiger partial charge in [-0.15, -0.1) is 13.2 Å². The Labute approximate surface area is 215 Å². The minimum Gasteiger partial charge on any atom is -0.465 e. The van der Waals surface area contributed by atoms with Crippen molar-refractivity contribution in [2.24, 2.45) is 17.3 Å². The Bertz CT molecular complexity index is 878. The van der Waals surface area contributed by atoms with E-state index in [9.17, 15) is 19.5 Å². The average molecular weight is 505 g/mol. The zero-order valence-corrected chi connectivity index (χ0v) is 22.6. The lowest BCUT2D eigenvalue weighted by Gasteiger charge is -2.45. The van der Waals surface area contributed by atoms with Gasteiger partial charge in [-0.1, -0.05) is 32.9 Å². The van der Waals surface area contributed by atoms with E-state index >= 15 is 0 Å². The summed E-state index contributed by atoms with van der Waals surface area (Å²) < 4.78 is 11.9. The lowest BCUT2D eigenvalue weighted by atomic mass is 9.70. The normalized spacial score (nSPS) is 29.3. The summed E-state index contributed by atoms with van der Waals surface area (Å²) in [6.07, 6.45) is 5.66. The smallest absolute Gasteiger partial charge is 0.312 e. The van der Waals surface area contributed by atoms with Crippen LogP contribution in [0.15, 0.2) is 25.3 Å². The van der Waals surface area contributed by atoms with Gasteiger partial charge in [0.15, 0.2) is 0 Å². The van der Waals surface area contributed by atoms with Crippen molar-refractivity contribution in [1.29, 1.82) is 0 Å². The molecule has 3 rings (SSSR count). The highest BCUT2D eigenvalue weighted by Gasteiger charge is 2.75. The molecule has 0 aromatic rings. The van der Waals surface area contributed by atoms with Gasteiger partial charge >= 0.3 is 5.97 Å². The summed E-state index contributed by atoms with van der Waals surface area (Å²) in [4.78, 5) is 44.7. The summed E-state index contributed by atoms with van der Waals surface area (Å²) in [5, 5.41) is 9.52. The molecule has 0 aliphatic carbocycles. The quantitative estimate of drug-likeness (QED) is 0.249. The Balaban J connectivity index is 2.01. The number of aliphatic hydroxyl groups excluding tert-OH is 1. The molecule has 36 heavy (non-hydrogen) atoms. The molecule has 8 nitrogen and oxygen atoms in total. The van der Waals surface area contributed by atoms with E-state index in [0.29, 0.717) is 32.2 Å². The van der Waals surface area contributed by atoms with Crippen molar-refractivity contribution in [3.05, 3.63) is 25.3 Å². The number of nitrogens with zero attached hydrogens (tertiary/aromatic N) is 2. The van der Waals surface area contributed by atoms with Gasteiger partial charge < -0.3 is 24.4 Å². The molecule has 0 radical (unpaired) electrons. The number of rotatable bonds is 12. The molecule has 0 aromatic carbocycles. The van der Waals surface area contributed by atoms with Gasteiger partial charge in [0.05, 0.1) is 24.5 Å². The molecular weight excluding hydrogens is 460 g/mol. The van der Waals surface area contributed by atoms with E-state index in [0.717, 1.165) is 6.42 Å². The van der Waals surface area contributed by atoms with Gasteiger partial charge in [0.25, 0.3) is 0 Å². The molecule has 1 N–H and O–H groups in total. The Morgan fingerprint density at radius 1 is 1.25 bits per heavy atom. The number of hydrogen-bond donors (Lipinski definition) is 1. The highest BCUT2D eigenvalue weighted by Crippen LogP contribution is 2.59. The zero-order valence-electron chi connectivity index (χ0n) is 22.6. The first-order valence-corrected chi connectivity index (χ1v) is 13.1. The second kappa shape index (κ2) is 10.7. The minimum atomic E-state index is -1.08. The molecule has 5 atom stereocenters. The van der Waals surface area contributed by atoms with Gasteiger partial charge in [-0.25, -0.2) is 0 Å². The maximum atomic E-state index is 14.4. The Hall–Kier alpha value is -2.19. The van der Waals surface area contributed by atoms with Crippen LogP contribution in [-0.2, 0) is 23.9 Å². The molecule has 3 aliphatic rings. The van der Waals surface area contributed by atoms with Crippen LogP contribution >= 0.6 is 0 Å². The molecule has 3 fully saturated rings. The van der Waals surface area contributed by atoms with E-state index in [1.807, 2.05) is 13.8 Å². The second-order valence-electron chi connectivity index (χ2n) is 12.2. The van der Waals surface area contributed by atoms with Crippen LogP contribution in [0.2, 0.25) is 0 Å². The average Bonchev–Trinajstić information content (AvgIpc) is 3.41. The van der Waals surface area contributed by atoms with Crippen LogP contribution in [0.4, 0.5) is 0 Å². The van der Waals surface area contributed by atoms with Crippen molar-refractivity contribution < 1.29 is 29.0 Å². The van der Waals surface area contributed by atoms with Gasteiger partial charge in [0.2, 0.25) is 11.8 Å². The fourth-order valence-corrected chi connectivity index (χ4v) is 6.83. The van der Waals surface area contributed by atoms with Crippen LogP contribution in [0.1, 0.15) is 66.7 Å². The molecule has 0 aromatic heterocycles. The van der Waals surface area contributed by atoms with Crippen molar-refractivity contribution in [1.82, 2.24) is 9.80 Å². The number of carbonyl (C=O) groups excluding carboxylic acids is 3. The minimum absolute atomic E-state index is 0.0330. The molecule has 1 spiro atoms. The molecular formula is C28H44N2O6. The maximum Gasteiger partial charge on any atom is 0.312 e. The van der Waals surface area contributed by atoms with Crippen LogP contribution in [0.5, 0.6) is 0 Å². The molecule has 3 heterocycles. The highest BCUT2D eigenvalue weighted by atomic mass is 16.6. The van der Waals surface area contributed by atoms with E-state index in [1.54, 1.807) is 22.0 Å². The van der Waals surface area contributed by atoms with Crippen LogP contribution in [0.3, 0.4) is 0 Å². The summed E-state index contributed by atoms with van der Waals surface area (Å²) >= 11 is 0. The van der Waals surface area contributed by atoms with E-state index < -0.39 is 41.1 Å². The van der Waals surface area contributed by atoms with Gasteiger partial charge in [0, 0.05) is 25.2 Å². The number of fused-ring (bicyclic) bond motifs is 1. The zero-order chi connectivity index (χ0) is 26.9. The number of likely N-dealkylation sites (tertiary alicyclic amines) is 1. The SMILES string of the molecule is C=CCCOC(=O)[C@H]1[C@H]2C(=O)N(CCCO)C(C(=O)N(CC=C)C(C)(C)CC(C)(C)C)C23CC[C@H]1O3. The summed E-state index contributed by atoms with van der Waals surface area (Å²) in [6.45, 7) is 18.7. The fraction of sp³-hybridized carbons (Fsp3) is 0.750. The summed E-state index contributed by atoms with van der Waals surface area (Å²) in [5.41, 5.74) is -1.62. The van der Waals surface area contributed by atoms with Crippen molar-refractivity contribution in [2.45, 2.75) is 90.0 Å². The Kier molecular flexibility index (Phi) is 8.40. The van der Waals surface area contributed by atoms with E-state index in [4.69, 9.17) is 9.47 Å². The molecule has 2 bridgehead atoms. The summed E-state index contributed by atoms with van der Waals surface area (Å²) in [5.74, 6) is -2.41. The van der Waals surface area contributed by atoms with E-state index in [-0.39, 0.29) is 37.0 Å². The van der Waals surface area contributed by atoms with Gasteiger partial charge in [-0.3, -0.25) is 14.4 Å². The number of aliphatic hydroxyl groups is 1. The molecule has 0 saturated carbocycles. The topological polar surface area (TPSA) is 96.4 Å². The largest absolute Gasteiger partial charge is 0.465 e. The first kappa shape index (κ1) is 28.4. The number of hydrogen-bond acceptors (Lipinski definition) is 6. The van der Waals surface area contributed by atoms with Gasteiger partial charge in [-0.05, 0) is 51.4 Å². The van der Waals surface area contributed by atoms with Crippen molar-refractivity contribution in [3.63, 3.8) is 0 Å². The van der Waals surface area contributed by atoms with Crippen molar-refractivity contribution in [3.8, 4) is 0 Å². The number of amides is 2. The third-order valence-electron chi connectivity index (χ3n) is 7.70. The van der Waals surface area contributed by atoms with Gasteiger partial charge in [0.1, 0.15) is 11.6 Å². The highest BCUT2D eigenvalue weighted by molar-refractivity contribution is 5.98. The van der Waals surface area contributed by atoms with Crippen LogP contribution < -0.4 is 0 Å². The monoisotopic (exact) mass is 504 g/mol. The van der Waals surface area contributed by atoms with E-state index in [1.165, 1.54) is 0 Å². The second-order valence-corrected chi connectivity index (χ2v) is 12.2. The van der Waals surface area contributed by atoms with Crippen LogP contribution in [0.25, 0.3) is 0 Å². The predicted octanol–water partition coefficient (Wildman–Crippen LogP) is 3.09. The molecule has 2 unspecified atom stereocenters. The van der Waals surface area contributed by atoms with Crippen LogP contribution in [-0.4, -0.2) is 82.3 Å². The molecule has 8 heteroatoms. The standard InChI is InChI=1S/C28H44N2O6/c1-8-10-17-35-25(34)20-19-12-13-28(36-19)21(20)23(32)29(15-11-16-31)22(28)24(33)30(14-9-2)27(6,7)18-26(3,4)5/h8-9,19-22,31H,1-2,10-18H2,3-7H3/t19-,20-,21+,22?,28?/m1/s1. The number of ether oxygens (including phenoxy) is 2. The number of esters is 1. The predicted molar refractivity (Wildman–Crippen MR) is 137 cm³/mol. The Morgan fingerprint density at radius 2 is 1.94 bits per heavy atom. The molecule has 202 valence electrons. The Morgan fingerprint density at radius 3 is 2.53 bits per heavy atom. The maximum absolute atomic E-state index is 14.4. The lowest BCUT2D eigenvalue weighted by molar-refractivity contribution is -0.156. The number of carbonyl (C=O) groups is 3. The summed E-state index contributed by atoms with van der Waals surface area (Å²) in [6, 6.07) is -0.864. The lowest BCUT2D eigenvalue weighted by Crippen LogP contribution is -2.61. The molecule has 3 saturated heterocycles. The summed E-state index contributed by atoms with van der Waals surface area (Å²) in [7, 11) is 0. The molecule has 3 aliphatic heterocycles. The van der Waals surface area contributed by atoms with Crippen molar-refractivity contribution >= 4 is 17.8 Å².